The zero-order chi connectivity index (χ0) is 34.4. The molecule has 14 atom stereocenters. The van der Waals surface area contributed by atoms with Gasteiger partial charge in [0.05, 0.1) is 31.5 Å². The number of aliphatic hydroxyl groups is 6. The number of fused-ring (bicyclic) bond motifs is 5. The average Bonchev–Trinajstić information content (AvgIpc) is 3.21. The van der Waals surface area contributed by atoms with Crippen molar-refractivity contribution in [1.82, 2.24) is 4.90 Å². The third kappa shape index (κ3) is 3.66. The highest BCUT2D eigenvalue weighted by atomic mass is 16.7. The van der Waals surface area contributed by atoms with Gasteiger partial charge in [0.15, 0.2) is 17.6 Å². The van der Waals surface area contributed by atoms with E-state index in [0.29, 0.717) is 56.1 Å². The molecule has 12 nitrogen and oxygen atoms in total. The number of ether oxygens (including phenoxy) is 4. The van der Waals surface area contributed by atoms with E-state index in [-0.39, 0.29) is 24.9 Å². The Hall–Kier alpha value is -2.03. The molecule has 3 heterocycles. The van der Waals surface area contributed by atoms with Crippen molar-refractivity contribution in [1.29, 1.82) is 0 Å². The molecule has 7 fully saturated rings. The van der Waals surface area contributed by atoms with Crippen LogP contribution in [0.15, 0.2) is 18.2 Å². The van der Waals surface area contributed by atoms with E-state index in [1.165, 1.54) is 20.3 Å². The smallest absolute Gasteiger partial charge is 0.338 e. The Morgan fingerprint density at radius 2 is 1.60 bits per heavy atom. The van der Waals surface area contributed by atoms with Crippen LogP contribution < -0.4 is 9.47 Å². The highest BCUT2D eigenvalue weighted by Gasteiger charge is 2.88. The second-order valence-corrected chi connectivity index (χ2v) is 16.8. The van der Waals surface area contributed by atoms with Gasteiger partial charge >= 0.3 is 5.97 Å². The second kappa shape index (κ2) is 10.1. The number of carbonyl (C=O) groups is 1. The molecule has 7 aliphatic rings. The van der Waals surface area contributed by atoms with Gasteiger partial charge in [-0.1, -0.05) is 13.8 Å². The normalized spacial score (nSPS) is 53.6. The summed E-state index contributed by atoms with van der Waals surface area (Å²) in [4.78, 5) is 15.6. The molecule has 0 amide bonds. The van der Waals surface area contributed by atoms with Crippen molar-refractivity contribution in [3.63, 3.8) is 0 Å². The highest BCUT2D eigenvalue weighted by Crippen LogP contribution is 2.78. The second-order valence-electron chi connectivity index (χ2n) is 16.8. The van der Waals surface area contributed by atoms with Gasteiger partial charge in [0.2, 0.25) is 5.79 Å². The lowest BCUT2D eigenvalue weighted by molar-refractivity contribution is -0.354. The minimum absolute atomic E-state index is 0.101. The first-order valence-electron chi connectivity index (χ1n) is 17.6. The lowest BCUT2D eigenvalue weighted by Crippen LogP contribution is -2.85. The molecule has 48 heavy (non-hydrogen) atoms. The van der Waals surface area contributed by atoms with Gasteiger partial charge in [0.1, 0.15) is 22.4 Å². The topological polar surface area (TPSA) is 179 Å². The van der Waals surface area contributed by atoms with Gasteiger partial charge in [-0.25, -0.2) is 4.79 Å². The minimum atomic E-state index is -2.10. The van der Waals surface area contributed by atoms with E-state index in [1.807, 2.05) is 6.92 Å². The molecule has 4 aliphatic carbocycles. The number of hydrogen-bond donors (Lipinski definition) is 6. The fourth-order valence-electron chi connectivity index (χ4n) is 12.6. The molecule has 1 spiro atoms. The minimum Gasteiger partial charge on any atom is -0.493 e. The first-order valence-corrected chi connectivity index (χ1v) is 17.6. The molecule has 3 aliphatic heterocycles. The van der Waals surface area contributed by atoms with E-state index >= 15 is 0 Å². The number of rotatable bonds is 4. The largest absolute Gasteiger partial charge is 0.493 e. The first-order chi connectivity index (χ1) is 22.5. The Kier molecular flexibility index (Phi) is 6.94. The number of nitrogens with zero attached hydrogens (tertiary/aromatic N) is 1. The number of carbonyl (C=O) groups excluding carboxylic acids is 1. The van der Waals surface area contributed by atoms with Crippen molar-refractivity contribution < 1.29 is 54.4 Å². The van der Waals surface area contributed by atoms with Crippen LogP contribution in [0, 0.1) is 29.1 Å². The first kappa shape index (κ1) is 33.1. The van der Waals surface area contributed by atoms with E-state index < -0.39 is 81.2 Å². The van der Waals surface area contributed by atoms with Crippen molar-refractivity contribution >= 4 is 5.97 Å². The summed E-state index contributed by atoms with van der Waals surface area (Å²) in [6.45, 7) is 6.57. The molecule has 4 bridgehead atoms. The van der Waals surface area contributed by atoms with E-state index in [2.05, 4.69) is 11.8 Å². The van der Waals surface area contributed by atoms with Crippen LogP contribution in [0.3, 0.4) is 0 Å². The lowest BCUT2D eigenvalue weighted by atomic mass is 9.49. The molecule has 6 N–H and O–H groups in total. The fourth-order valence-corrected chi connectivity index (χ4v) is 12.6. The van der Waals surface area contributed by atoms with Gasteiger partial charge < -0.3 is 49.6 Å². The van der Waals surface area contributed by atoms with Crippen LogP contribution in [-0.4, -0.2) is 121 Å². The van der Waals surface area contributed by atoms with Crippen molar-refractivity contribution in [3.8, 4) is 11.5 Å². The molecule has 3 saturated heterocycles. The summed E-state index contributed by atoms with van der Waals surface area (Å²) in [5.74, 6) is -3.63. The number of aliphatic hydroxyl groups excluding tert-OH is 1. The molecular formula is C36H51NO11. The standard InChI is InChI=1S/C36H51NO11/c1-19-6-11-26-31(3,40)35(43)25(17-37(26)16-19)33(42)18-34-24(32(33,41)15-27(35)38)10-9-23-30(34,2)13-12-28(36(23,44)48-34)47-29(39)20-7-8-21(45-4)22(14-20)46-5/h7-8,14,19,23-28,38,40-44H,6,9-13,15-18H2,1-5H3/t19?,23?,24?,25?,26?,27-,28?,30?,31+,32+,33+,34-,35-,36-/m0/s1. The summed E-state index contributed by atoms with van der Waals surface area (Å²) < 4.78 is 23.5. The molecule has 1 aromatic carbocycles. The maximum absolute atomic E-state index is 13.5. The number of methoxy groups -OCH3 is 2. The van der Waals surface area contributed by atoms with Gasteiger partial charge in [0.25, 0.3) is 0 Å². The molecule has 7 unspecified atom stereocenters. The van der Waals surface area contributed by atoms with Crippen LogP contribution in [0.5, 0.6) is 11.5 Å². The van der Waals surface area contributed by atoms with Crippen LogP contribution in [0.25, 0.3) is 0 Å². The Labute approximate surface area is 280 Å². The Balaban J connectivity index is 1.16. The Morgan fingerprint density at radius 1 is 0.896 bits per heavy atom. The molecule has 8 rings (SSSR count). The predicted molar refractivity (Wildman–Crippen MR) is 169 cm³/mol. The van der Waals surface area contributed by atoms with Crippen LogP contribution >= 0.6 is 0 Å². The molecule has 0 radical (unpaired) electrons. The zero-order valence-corrected chi connectivity index (χ0v) is 28.5. The molecule has 1 aromatic rings. The predicted octanol–water partition coefficient (Wildman–Crippen LogP) is 1.36. The Bertz CT molecular complexity index is 1520. The van der Waals surface area contributed by atoms with Crippen LogP contribution in [-0.2, 0) is 9.47 Å². The average molecular weight is 674 g/mol. The van der Waals surface area contributed by atoms with Crippen LogP contribution in [0.1, 0.15) is 82.5 Å². The van der Waals surface area contributed by atoms with Gasteiger partial charge in [-0.05, 0) is 69.6 Å². The SMILES string of the molecule is COc1ccc(C(=O)OC2CCC3(C)C4CCC5[C@]3(C[C@@]3(O)C6CN7CC(C)CCC7[C@@](C)(O)[C@@]6(O)[C@@H](O)C[C@@]53O)O[C@]24O)cc1OC. The Morgan fingerprint density at radius 3 is 2.31 bits per heavy atom. The van der Waals surface area contributed by atoms with E-state index in [0.717, 1.165) is 6.42 Å². The third-order valence-electron chi connectivity index (χ3n) is 14.9. The summed E-state index contributed by atoms with van der Waals surface area (Å²) in [5, 5.41) is 74.7. The molecule has 0 aromatic heterocycles. The van der Waals surface area contributed by atoms with Gasteiger partial charge in [0, 0.05) is 55.1 Å². The van der Waals surface area contributed by atoms with Crippen molar-refractivity contribution in [3.05, 3.63) is 23.8 Å². The summed E-state index contributed by atoms with van der Waals surface area (Å²) in [7, 11) is 2.97. The molecule has 12 heteroatoms. The number of esters is 1. The van der Waals surface area contributed by atoms with E-state index in [9.17, 15) is 35.4 Å². The quantitative estimate of drug-likeness (QED) is 0.253. The van der Waals surface area contributed by atoms with Crippen molar-refractivity contribution in [2.75, 3.05) is 27.3 Å². The van der Waals surface area contributed by atoms with Crippen molar-refractivity contribution in [2.24, 2.45) is 29.1 Å². The summed E-state index contributed by atoms with van der Waals surface area (Å²) in [5.41, 5.74) is -9.44. The lowest BCUT2D eigenvalue weighted by Gasteiger charge is -2.68. The van der Waals surface area contributed by atoms with Gasteiger partial charge in [-0.15, -0.1) is 0 Å². The summed E-state index contributed by atoms with van der Waals surface area (Å²) in [6, 6.07) is 4.28. The maximum Gasteiger partial charge on any atom is 0.338 e. The molecule has 4 saturated carbocycles. The number of benzene rings is 1. The maximum atomic E-state index is 13.5. The summed E-state index contributed by atoms with van der Waals surface area (Å²) >= 11 is 0. The molecular weight excluding hydrogens is 622 g/mol. The number of hydrogen-bond acceptors (Lipinski definition) is 12. The third-order valence-corrected chi connectivity index (χ3v) is 14.9. The van der Waals surface area contributed by atoms with Crippen molar-refractivity contribution in [2.45, 2.75) is 124 Å². The number of piperidine rings is 2. The van der Waals surface area contributed by atoms with Gasteiger partial charge in [-0.3, -0.25) is 4.90 Å². The van der Waals surface area contributed by atoms with E-state index in [4.69, 9.17) is 18.9 Å². The monoisotopic (exact) mass is 673 g/mol. The van der Waals surface area contributed by atoms with Crippen LogP contribution in [0.4, 0.5) is 0 Å². The van der Waals surface area contributed by atoms with Gasteiger partial charge in [-0.2, -0.15) is 0 Å². The molecule has 266 valence electrons. The fraction of sp³-hybridized carbons (Fsp3) is 0.806. The highest BCUT2D eigenvalue weighted by molar-refractivity contribution is 5.90. The summed E-state index contributed by atoms with van der Waals surface area (Å²) in [6.07, 6.45) is 0.172. The zero-order valence-electron chi connectivity index (χ0n) is 28.5. The van der Waals surface area contributed by atoms with Crippen LogP contribution in [0.2, 0.25) is 0 Å². The van der Waals surface area contributed by atoms with E-state index in [1.54, 1.807) is 19.1 Å².